The number of aliphatic hydroxyl groups excluding tert-OH is 1. The van der Waals surface area contributed by atoms with E-state index in [-0.39, 0.29) is 5.97 Å². The van der Waals surface area contributed by atoms with Crippen molar-refractivity contribution >= 4 is 17.6 Å². The fourth-order valence-electron chi connectivity index (χ4n) is 3.73. The van der Waals surface area contributed by atoms with Crippen molar-refractivity contribution in [1.82, 2.24) is 5.32 Å². The summed E-state index contributed by atoms with van der Waals surface area (Å²) in [7, 11) is 0. The highest BCUT2D eigenvalue weighted by atomic mass is 35.5. The van der Waals surface area contributed by atoms with Crippen molar-refractivity contribution in [3.63, 3.8) is 0 Å². The van der Waals surface area contributed by atoms with E-state index in [0.29, 0.717) is 37.1 Å². The minimum atomic E-state index is -0.573. The molecule has 2 aromatic rings. The van der Waals surface area contributed by atoms with Gasteiger partial charge in [0.05, 0.1) is 12.7 Å². The van der Waals surface area contributed by atoms with Crippen LogP contribution in [0.15, 0.2) is 42.5 Å². The van der Waals surface area contributed by atoms with E-state index in [9.17, 15) is 9.90 Å². The number of benzene rings is 2. The van der Waals surface area contributed by atoms with Gasteiger partial charge in [0.15, 0.2) is 0 Å². The second kappa shape index (κ2) is 10.1. The molecule has 1 unspecified atom stereocenters. The Hall–Kier alpha value is -1.88. The zero-order valence-corrected chi connectivity index (χ0v) is 17.0. The van der Waals surface area contributed by atoms with E-state index in [4.69, 9.17) is 16.3 Å². The number of hydrogen-bond donors (Lipinski definition) is 2. The van der Waals surface area contributed by atoms with Crippen molar-refractivity contribution in [1.29, 1.82) is 0 Å². The molecule has 5 heteroatoms. The molecule has 3 rings (SSSR count). The third-order valence-corrected chi connectivity index (χ3v) is 5.49. The van der Waals surface area contributed by atoms with Gasteiger partial charge in [0, 0.05) is 24.0 Å². The molecule has 0 bridgehead atoms. The maximum absolute atomic E-state index is 11.6. The standard InChI is InChI=1S/C23H28ClNO3/c1-2-28-23(27)11-7-16-6-8-17-9-10-21(14-19(17)12-16)25-15-22(26)18-4-3-5-20(24)13-18/h3-6,8,12-13,21-22,25-26H,2,7,9-11,14-15H2,1H3/t21?,22-/m0/s1. The first-order chi connectivity index (χ1) is 13.5. The smallest absolute Gasteiger partial charge is 0.306 e. The molecule has 0 spiro atoms. The van der Waals surface area contributed by atoms with Gasteiger partial charge in [0.2, 0.25) is 0 Å². The van der Waals surface area contributed by atoms with Crippen LogP contribution in [0, 0.1) is 0 Å². The van der Waals surface area contributed by atoms with Gasteiger partial charge in [-0.25, -0.2) is 0 Å². The summed E-state index contributed by atoms with van der Waals surface area (Å²) in [6.45, 7) is 2.76. The lowest BCUT2D eigenvalue weighted by Gasteiger charge is -2.27. The Kier molecular flexibility index (Phi) is 7.49. The van der Waals surface area contributed by atoms with Crippen LogP contribution in [0.25, 0.3) is 0 Å². The van der Waals surface area contributed by atoms with Crippen molar-refractivity contribution < 1.29 is 14.6 Å². The monoisotopic (exact) mass is 401 g/mol. The Morgan fingerprint density at radius 2 is 2.14 bits per heavy atom. The van der Waals surface area contributed by atoms with Crippen molar-refractivity contribution in [2.75, 3.05) is 13.2 Å². The molecule has 1 aliphatic rings. The van der Waals surface area contributed by atoms with Gasteiger partial charge in [0.25, 0.3) is 0 Å². The van der Waals surface area contributed by atoms with Gasteiger partial charge in [-0.2, -0.15) is 0 Å². The lowest BCUT2D eigenvalue weighted by Crippen LogP contribution is -2.37. The van der Waals surface area contributed by atoms with Crippen molar-refractivity contribution in [3.05, 3.63) is 69.7 Å². The molecule has 4 nitrogen and oxygen atoms in total. The topological polar surface area (TPSA) is 58.6 Å². The maximum atomic E-state index is 11.6. The van der Waals surface area contributed by atoms with Crippen LogP contribution >= 0.6 is 11.6 Å². The van der Waals surface area contributed by atoms with Crippen LogP contribution in [0.3, 0.4) is 0 Å². The fraction of sp³-hybridized carbons (Fsp3) is 0.435. The summed E-state index contributed by atoms with van der Waals surface area (Å²) < 4.78 is 5.01. The van der Waals surface area contributed by atoms with Crippen molar-refractivity contribution in [3.8, 4) is 0 Å². The molecular weight excluding hydrogens is 374 g/mol. The first-order valence-electron chi connectivity index (χ1n) is 9.98. The zero-order valence-electron chi connectivity index (χ0n) is 16.3. The second-order valence-corrected chi connectivity index (χ2v) is 7.76. The van der Waals surface area contributed by atoms with Crippen molar-refractivity contribution in [2.45, 2.75) is 51.2 Å². The van der Waals surface area contributed by atoms with E-state index in [0.717, 1.165) is 24.8 Å². The molecule has 2 atom stereocenters. The number of carbonyl (C=O) groups excluding carboxylic acids is 1. The molecule has 2 N–H and O–H groups in total. The molecule has 0 heterocycles. The lowest BCUT2D eigenvalue weighted by molar-refractivity contribution is -0.143. The molecule has 0 amide bonds. The molecular formula is C23H28ClNO3. The highest BCUT2D eigenvalue weighted by Gasteiger charge is 2.20. The predicted octanol–water partition coefficient (Wildman–Crippen LogP) is 4.02. The number of aryl methyl sites for hydroxylation is 2. The first-order valence-corrected chi connectivity index (χ1v) is 10.4. The van der Waals surface area contributed by atoms with Crippen LogP contribution in [0.5, 0.6) is 0 Å². The summed E-state index contributed by atoms with van der Waals surface area (Å²) in [5, 5.41) is 14.6. The van der Waals surface area contributed by atoms with Crippen LogP contribution in [0.1, 0.15) is 48.1 Å². The van der Waals surface area contributed by atoms with Crippen LogP contribution in [-0.4, -0.2) is 30.3 Å². The second-order valence-electron chi connectivity index (χ2n) is 7.33. The average molecular weight is 402 g/mol. The SMILES string of the molecule is CCOC(=O)CCc1ccc2c(c1)CC(NC[C@H](O)c1cccc(Cl)c1)CC2. The number of halogens is 1. The van der Waals surface area contributed by atoms with Gasteiger partial charge in [-0.15, -0.1) is 0 Å². The Labute approximate surface area is 171 Å². The average Bonchev–Trinajstić information content (AvgIpc) is 2.70. The summed E-state index contributed by atoms with van der Waals surface area (Å²) >= 11 is 6.01. The van der Waals surface area contributed by atoms with Crippen LogP contribution < -0.4 is 5.32 Å². The van der Waals surface area contributed by atoms with Gasteiger partial charge in [-0.1, -0.05) is 41.9 Å². The molecule has 150 valence electrons. The summed E-state index contributed by atoms with van der Waals surface area (Å²) in [6, 6.07) is 14.2. The number of rotatable bonds is 8. The van der Waals surface area contributed by atoms with Gasteiger partial charge >= 0.3 is 5.97 Å². The summed E-state index contributed by atoms with van der Waals surface area (Å²) in [6.07, 6.45) is 3.56. The summed E-state index contributed by atoms with van der Waals surface area (Å²) in [5.41, 5.74) is 4.72. The van der Waals surface area contributed by atoms with E-state index in [1.54, 1.807) is 6.07 Å². The fourth-order valence-corrected chi connectivity index (χ4v) is 3.93. The number of esters is 1. The number of ether oxygens (including phenoxy) is 1. The Morgan fingerprint density at radius 3 is 2.93 bits per heavy atom. The normalized spacial score (nSPS) is 17.0. The van der Waals surface area contributed by atoms with Crippen LogP contribution in [0.2, 0.25) is 5.02 Å². The van der Waals surface area contributed by atoms with Gasteiger partial charge in [-0.3, -0.25) is 4.79 Å². The molecule has 2 aromatic carbocycles. The minimum Gasteiger partial charge on any atom is -0.466 e. The minimum absolute atomic E-state index is 0.144. The molecule has 0 saturated heterocycles. The zero-order chi connectivity index (χ0) is 19.9. The van der Waals surface area contributed by atoms with Crippen LogP contribution in [0.4, 0.5) is 0 Å². The lowest BCUT2D eigenvalue weighted by atomic mass is 9.86. The highest BCUT2D eigenvalue weighted by molar-refractivity contribution is 6.30. The molecule has 0 aliphatic heterocycles. The van der Waals surface area contributed by atoms with E-state index in [2.05, 4.69) is 23.5 Å². The first kappa shape index (κ1) is 20.8. The van der Waals surface area contributed by atoms with Gasteiger partial charge < -0.3 is 15.2 Å². The third-order valence-electron chi connectivity index (χ3n) is 5.26. The number of fused-ring (bicyclic) bond motifs is 1. The largest absolute Gasteiger partial charge is 0.466 e. The number of nitrogens with one attached hydrogen (secondary N) is 1. The maximum Gasteiger partial charge on any atom is 0.306 e. The van der Waals surface area contributed by atoms with Gasteiger partial charge in [-0.05, 0) is 67.0 Å². The van der Waals surface area contributed by atoms with Gasteiger partial charge in [0.1, 0.15) is 0 Å². The molecule has 1 aliphatic carbocycles. The Balaban J connectivity index is 1.54. The molecule has 28 heavy (non-hydrogen) atoms. The van der Waals surface area contributed by atoms with E-state index >= 15 is 0 Å². The van der Waals surface area contributed by atoms with E-state index in [1.165, 1.54) is 16.7 Å². The van der Waals surface area contributed by atoms with Crippen LogP contribution in [-0.2, 0) is 28.8 Å². The highest BCUT2D eigenvalue weighted by Crippen LogP contribution is 2.24. The number of hydrogen-bond acceptors (Lipinski definition) is 4. The van der Waals surface area contributed by atoms with E-state index in [1.807, 2.05) is 25.1 Å². The molecule has 0 saturated carbocycles. The quantitative estimate of drug-likeness (QED) is 0.656. The van der Waals surface area contributed by atoms with Crippen molar-refractivity contribution in [2.24, 2.45) is 0 Å². The molecule has 0 radical (unpaired) electrons. The van der Waals surface area contributed by atoms with E-state index < -0.39 is 6.10 Å². The number of carbonyl (C=O) groups is 1. The molecule has 0 aromatic heterocycles. The third kappa shape index (κ3) is 5.81. The Bertz CT molecular complexity index is 808. The Morgan fingerprint density at radius 1 is 1.29 bits per heavy atom. The summed E-state index contributed by atoms with van der Waals surface area (Å²) in [4.78, 5) is 11.6. The number of aliphatic hydroxyl groups is 1. The predicted molar refractivity (Wildman–Crippen MR) is 112 cm³/mol. The molecule has 0 fully saturated rings. The summed E-state index contributed by atoms with van der Waals surface area (Å²) in [5.74, 6) is -0.144.